The average Bonchev–Trinajstić information content (AvgIpc) is 2.37. The van der Waals surface area contributed by atoms with Crippen molar-refractivity contribution in [2.75, 3.05) is 7.11 Å². The number of carbonyl (C=O) groups is 1. The number of ether oxygens (including phenoxy) is 1. The summed E-state index contributed by atoms with van der Waals surface area (Å²) >= 11 is 0. The summed E-state index contributed by atoms with van der Waals surface area (Å²) < 4.78 is 6.05. The Labute approximate surface area is 109 Å². The van der Waals surface area contributed by atoms with Gasteiger partial charge in [-0.1, -0.05) is 0 Å². The van der Waals surface area contributed by atoms with Crippen LogP contribution in [0.5, 0.6) is 5.75 Å². The zero-order valence-corrected chi connectivity index (χ0v) is 10.6. The van der Waals surface area contributed by atoms with E-state index in [0.717, 1.165) is 6.07 Å². The highest BCUT2D eigenvalue weighted by Gasteiger charge is 2.08. The topological polar surface area (TPSA) is 68.5 Å². The molecule has 0 fully saturated rings. The SMILES string of the molecule is COC(=O)c1ccc(-n2c(C)cc(O)cc2=O)cc1. The van der Waals surface area contributed by atoms with Crippen LogP contribution < -0.4 is 5.56 Å². The van der Waals surface area contributed by atoms with Gasteiger partial charge in [0.15, 0.2) is 0 Å². The Balaban J connectivity index is 2.49. The molecule has 0 atom stereocenters. The summed E-state index contributed by atoms with van der Waals surface area (Å²) in [6.07, 6.45) is 0. The molecule has 1 aromatic carbocycles. The zero-order chi connectivity index (χ0) is 14.0. The van der Waals surface area contributed by atoms with Crippen molar-refractivity contribution in [3.63, 3.8) is 0 Å². The number of aromatic hydroxyl groups is 1. The van der Waals surface area contributed by atoms with Crippen LogP contribution in [-0.4, -0.2) is 22.8 Å². The fourth-order valence-electron chi connectivity index (χ4n) is 1.88. The van der Waals surface area contributed by atoms with E-state index in [1.807, 2.05) is 0 Å². The quantitative estimate of drug-likeness (QED) is 0.832. The summed E-state index contributed by atoms with van der Waals surface area (Å²) in [6, 6.07) is 9.10. The van der Waals surface area contributed by atoms with E-state index < -0.39 is 5.97 Å². The molecule has 1 aromatic heterocycles. The van der Waals surface area contributed by atoms with Gasteiger partial charge in [0.25, 0.3) is 5.56 Å². The number of benzene rings is 1. The van der Waals surface area contributed by atoms with Crippen LogP contribution in [0.25, 0.3) is 5.69 Å². The van der Waals surface area contributed by atoms with Gasteiger partial charge in [-0.15, -0.1) is 0 Å². The van der Waals surface area contributed by atoms with Crippen LogP contribution in [0.15, 0.2) is 41.2 Å². The molecule has 0 aliphatic carbocycles. The number of hydrogen-bond donors (Lipinski definition) is 1. The largest absolute Gasteiger partial charge is 0.508 e. The predicted molar refractivity (Wildman–Crippen MR) is 69.8 cm³/mol. The molecule has 0 aliphatic heterocycles. The molecule has 5 heteroatoms. The van der Waals surface area contributed by atoms with Gasteiger partial charge < -0.3 is 9.84 Å². The number of aromatic nitrogens is 1. The minimum Gasteiger partial charge on any atom is -0.508 e. The van der Waals surface area contributed by atoms with E-state index in [-0.39, 0.29) is 11.3 Å². The number of hydrogen-bond acceptors (Lipinski definition) is 4. The summed E-state index contributed by atoms with van der Waals surface area (Å²) in [7, 11) is 1.31. The van der Waals surface area contributed by atoms with Crippen LogP contribution in [0.1, 0.15) is 16.1 Å². The van der Waals surface area contributed by atoms with Gasteiger partial charge in [0.05, 0.1) is 12.7 Å². The van der Waals surface area contributed by atoms with Crippen LogP contribution in [0.2, 0.25) is 0 Å². The maximum absolute atomic E-state index is 11.8. The molecule has 19 heavy (non-hydrogen) atoms. The van der Waals surface area contributed by atoms with Gasteiger partial charge in [-0.05, 0) is 37.3 Å². The molecular formula is C14H13NO4. The third-order valence-corrected chi connectivity index (χ3v) is 2.75. The monoisotopic (exact) mass is 259 g/mol. The highest BCUT2D eigenvalue weighted by atomic mass is 16.5. The summed E-state index contributed by atoms with van der Waals surface area (Å²) in [4.78, 5) is 23.2. The number of esters is 1. The number of nitrogens with zero attached hydrogens (tertiary/aromatic N) is 1. The fraction of sp³-hybridized carbons (Fsp3) is 0.143. The van der Waals surface area contributed by atoms with Crippen molar-refractivity contribution in [1.82, 2.24) is 4.57 Å². The minimum atomic E-state index is -0.429. The van der Waals surface area contributed by atoms with E-state index in [2.05, 4.69) is 4.74 Å². The molecular weight excluding hydrogens is 246 g/mol. The van der Waals surface area contributed by atoms with Gasteiger partial charge >= 0.3 is 5.97 Å². The first-order chi connectivity index (χ1) is 9.02. The smallest absolute Gasteiger partial charge is 0.337 e. The van der Waals surface area contributed by atoms with Crippen LogP contribution >= 0.6 is 0 Å². The van der Waals surface area contributed by atoms with Gasteiger partial charge in [-0.25, -0.2) is 4.79 Å². The number of pyridine rings is 1. The second kappa shape index (κ2) is 4.97. The van der Waals surface area contributed by atoms with Crippen LogP contribution in [-0.2, 0) is 4.74 Å². The molecule has 0 spiro atoms. The van der Waals surface area contributed by atoms with Gasteiger partial charge in [0.1, 0.15) is 5.75 Å². The molecule has 0 aliphatic rings. The van der Waals surface area contributed by atoms with E-state index in [0.29, 0.717) is 16.9 Å². The normalized spacial score (nSPS) is 10.2. The van der Waals surface area contributed by atoms with Crippen molar-refractivity contribution in [1.29, 1.82) is 0 Å². The first kappa shape index (κ1) is 12.9. The number of aryl methyl sites for hydroxylation is 1. The molecule has 0 unspecified atom stereocenters. The predicted octanol–water partition coefficient (Wildman–Crippen LogP) is 1.64. The lowest BCUT2D eigenvalue weighted by atomic mass is 10.2. The minimum absolute atomic E-state index is 0.0649. The lowest BCUT2D eigenvalue weighted by Gasteiger charge is -2.10. The van der Waals surface area contributed by atoms with Crippen LogP contribution in [0.3, 0.4) is 0 Å². The Morgan fingerprint density at radius 1 is 1.21 bits per heavy atom. The van der Waals surface area contributed by atoms with Gasteiger partial charge in [-0.2, -0.15) is 0 Å². The molecule has 2 rings (SSSR count). The molecule has 0 saturated heterocycles. The van der Waals surface area contributed by atoms with Crippen LogP contribution in [0, 0.1) is 6.92 Å². The Bertz CT molecular complexity index is 671. The van der Waals surface area contributed by atoms with E-state index in [9.17, 15) is 14.7 Å². The maximum atomic E-state index is 11.8. The van der Waals surface area contributed by atoms with Crippen molar-refractivity contribution >= 4 is 5.97 Å². The molecule has 2 aromatic rings. The van der Waals surface area contributed by atoms with Gasteiger partial charge in [0, 0.05) is 17.4 Å². The number of rotatable bonds is 2. The van der Waals surface area contributed by atoms with E-state index >= 15 is 0 Å². The zero-order valence-electron chi connectivity index (χ0n) is 10.6. The van der Waals surface area contributed by atoms with E-state index in [1.54, 1.807) is 31.2 Å². The summed E-state index contributed by atoms with van der Waals surface area (Å²) in [5.74, 6) is -0.494. The second-order valence-corrected chi connectivity index (χ2v) is 4.07. The van der Waals surface area contributed by atoms with E-state index in [4.69, 9.17) is 0 Å². The Morgan fingerprint density at radius 2 is 1.84 bits per heavy atom. The van der Waals surface area contributed by atoms with Crippen molar-refractivity contribution in [2.24, 2.45) is 0 Å². The summed E-state index contributed by atoms with van der Waals surface area (Å²) in [5, 5.41) is 9.34. The molecule has 1 N–H and O–H groups in total. The number of methoxy groups -OCH3 is 1. The molecule has 1 heterocycles. The molecule has 0 radical (unpaired) electrons. The Morgan fingerprint density at radius 3 is 2.37 bits per heavy atom. The van der Waals surface area contributed by atoms with Crippen molar-refractivity contribution in [3.05, 3.63) is 58.0 Å². The Kier molecular flexibility index (Phi) is 3.37. The van der Waals surface area contributed by atoms with Crippen molar-refractivity contribution < 1.29 is 14.6 Å². The molecule has 5 nitrogen and oxygen atoms in total. The third-order valence-electron chi connectivity index (χ3n) is 2.75. The second-order valence-electron chi connectivity index (χ2n) is 4.07. The molecule has 0 bridgehead atoms. The van der Waals surface area contributed by atoms with Crippen molar-refractivity contribution in [3.8, 4) is 11.4 Å². The lowest BCUT2D eigenvalue weighted by Crippen LogP contribution is -2.19. The van der Waals surface area contributed by atoms with Crippen molar-refractivity contribution in [2.45, 2.75) is 6.92 Å². The first-order valence-corrected chi connectivity index (χ1v) is 5.64. The molecule has 0 saturated carbocycles. The van der Waals surface area contributed by atoms with Crippen LogP contribution in [0.4, 0.5) is 0 Å². The highest BCUT2D eigenvalue weighted by Crippen LogP contribution is 2.14. The maximum Gasteiger partial charge on any atom is 0.337 e. The molecule has 0 amide bonds. The number of carbonyl (C=O) groups excluding carboxylic acids is 1. The van der Waals surface area contributed by atoms with Gasteiger partial charge in [-0.3, -0.25) is 9.36 Å². The standard InChI is InChI=1S/C14H13NO4/c1-9-7-12(16)8-13(17)15(9)11-5-3-10(4-6-11)14(18)19-2/h3-8,16H,1-2H3. The van der Waals surface area contributed by atoms with Gasteiger partial charge in [0.2, 0.25) is 0 Å². The fourth-order valence-corrected chi connectivity index (χ4v) is 1.88. The Hall–Kier alpha value is -2.56. The van der Waals surface area contributed by atoms with E-state index in [1.165, 1.54) is 17.7 Å². The highest BCUT2D eigenvalue weighted by molar-refractivity contribution is 5.89. The lowest BCUT2D eigenvalue weighted by molar-refractivity contribution is 0.0601. The average molecular weight is 259 g/mol. The summed E-state index contributed by atoms with van der Waals surface area (Å²) in [6.45, 7) is 1.72. The first-order valence-electron chi connectivity index (χ1n) is 5.64. The molecule has 98 valence electrons. The summed E-state index contributed by atoms with van der Waals surface area (Å²) in [5.41, 5.74) is 1.31. The third kappa shape index (κ3) is 2.49.